The van der Waals surface area contributed by atoms with Gasteiger partial charge in [0.2, 0.25) is 0 Å². The Kier molecular flexibility index (Phi) is 7.78. The Bertz CT molecular complexity index is 473. The lowest BCUT2D eigenvalue weighted by atomic mass is 9.67. The molecule has 0 bridgehead atoms. The molecule has 0 amide bonds. The summed E-state index contributed by atoms with van der Waals surface area (Å²) in [6, 6.07) is 0. The van der Waals surface area contributed by atoms with Crippen LogP contribution in [0.3, 0.4) is 0 Å². The van der Waals surface area contributed by atoms with E-state index < -0.39 is 0 Å². The van der Waals surface area contributed by atoms with E-state index in [2.05, 4.69) is 62.3 Å². The van der Waals surface area contributed by atoms with Gasteiger partial charge in [0, 0.05) is 13.2 Å². The van der Waals surface area contributed by atoms with Crippen molar-refractivity contribution in [2.75, 3.05) is 13.2 Å². The number of rotatable bonds is 10. The van der Waals surface area contributed by atoms with Crippen LogP contribution in [0.4, 0.5) is 0 Å². The van der Waals surface area contributed by atoms with Gasteiger partial charge in [-0.15, -0.1) is 0 Å². The monoisotopic (exact) mass is 392 g/mol. The molecule has 1 aliphatic carbocycles. The molecule has 1 saturated heterocycles. The predicted molar refractivity (Wildman–Crippen MR) is 124 cm³/mol. The fourth-order valence-electron chi connectivity index (χ4n) is 6.27. The minimum Gasteiger partial charge on any atom is -0.381 e. The lowest BCUT2D eigenvalue weighted by Gasteiger charge is -2.39. The van der Waals surface area contributed by atoms with Crippen LogP contribution in [-0.4, -0.2) is 13.2 Å². The van der Waals surface area contributed by atoms with Crippen LogP contribution in [0.5, 0.6) is 0 Å². The van der Waals surface area contributed by atoms with Crippen molar-refractivity contribution in [2.45, 2.75) is 120 Å². The molecule has 2 fully saturated rings. The molecule has 166 valence electrons. The highest BCUT2D eigenvalue weighted by Crippen LogP contribution is 2.53. The van der Waals surface area contributed by atoms with Gasteiger partial charge in [-0.3, -0.25) is 0 Å². The molecule has 2 unspecified atom stereocenters. The topological polar surface area (TPSA) is 9.23 Å². The Hall–Kier alpha value is -0.0400. The van der Waals surface area contributed by atoms with Crippen molar-refractivity contribution < 1.29 is 4.74 Å². The first-order valence-corrected chi connectivity index (χ1v) is 12.2. The molecule has 0 aromatic heterocycles. The van der Waals surface area contributed by atoms with Crippen LogP contribution in [0.2, 0.25) is 0 Å². The largest absolute Gasteiger partial charge is 0.381 e. The molecule has 1 heterocycles. The second-order valence-electron chi connectivity index (χ2n) is 14.2. The molecule has 1 aliphatic heterocycles. The van der Waals surface area contributed by atoms with E-state index in [0.717, 1.165) is 31.0 Å². The molecule has 0 aromatic carbocycles. The van der Waals surface area contributed by atoms with E-state index in [0.29, 0.717) is 21.7 Å². The van der Waals surface area contributed by atoms with E-state index >= 15 is 0 Å². The van der Waals surface area contributed by atoms with Crippen molar-refractivity contribution in [3.05, 3.63) is 0 Å². The first kappa shape index (κ1) is 24.2. The predicted octanol–water partition coefficient (Wildman–Crippen LogP) is 8.51. The fraction of sp³-hybridized carbons (Fsp3) is 1.00. The summed E-state index contributed by atoms with van der Waals surface area (Å²) in [6.07, 6.45) is 12.4. The van der Waals surface area contributed by atoms with Gasteiger partial charge < -0.3 is 4.74 Å². The summed E-state index contributed by atoms with van der Waals surface area (Å²) in [5.41, 5.74) is 1.90. The van der Waals surface area contributed by atoms with E-state index in [1.54, 1.807) is 0 Å². The Morgan fingerprint density at radius 3 is 1.75 bits per heavy atom. The molecule has 1 nitrogen and oxygen atoms in total. The number of hydrogen-bond acceptors (Lipinski definition) is 1. The Morgan fingerprint density at radius 1 is 0.643 bits per heavy atom. The van der Waals surface area contributed by atoms with Crippen LogP contribution < -0.4 is 0 Å². The highest BCUT2D eigenvalue weighted by molar-refractivity contribution is 4.93. The van der Waals surface area contributed by atoms with Crippen molar-refractivity contribution >= 4 is 0 Å². The molecule has 0 N–H and O–H groups in total. The van der Waals surface area contributed by atoms with Crippen molar-refractivity contribution in [3.63, 3.8) is 0 Å². The normalized spacial score (nSPS) is 25.2. The molecule has 0 spiro atoms. The van der Waals surface area contributed by atoms with Crippen LogP contribution in [0, 0.1) is 39.4 Å². The standard InChI is InChI=1S/C27H52O/c1-24(2,3)18-22-16-23(22)19-27(8,9)20-26(6,7)13-12-25(4,5)17-21-10-14-28-15-11-21/h21-23H,10-20H2,1-9H3. The SMILES string of the molecule is CC(C)(C)CC1CC1CC(C)(C)CC(C)(C)CCC(C)(C)CC1CCOCC1. The van der Waals surface area contributed by atoms with E-state index in [9.17, 15) is 0 Å². The summed E-state index contributed by atoms with van der Waals surface area (Å²) in [5, 5.41) is 0. The van der Waals surface area contributed by atoms with Gasteiger partial charge in [0.25, 0.3) is 0 Å². The van der Waals surface area contributed by atoms with Crippen molar-refractivity contribution in [1.82, 2.24) is 0 Å². The molecule has 1 heteroatoms. The Balaban J connectivity index is 1.76. The van der Waals surface area contributed by atoms with E-state index in [1.165, 1.54) is 57.8 Å². The zero-order valence-electron chi connectivity index (χ0n) is 20.9. The van der Waals surface area contributed by atoms with Crippen LogP contribution in [0.15, 0.2) is 0 Å². The van der Waals surface area contributed by atoms with Gasteiger partial charge in [0.05, 0.1) is 0 Å². The third kappa shape index (κ3) is 9.19. The Labute approximate surface area is 177 Å². The zero-order chi connectivity index (χ0) is 21.2. The first-order valence-electron chi connectivity index (χ1n) is 12.2. The minimum atomic E-state index is 0.449. The summed E-state index contributed by atoms with van der Waals surface area (Å²) in [6.45, 7) is 24.3. The molecule has 2 rings (SSSR count). The van der Waals surface area contributed by atoms with Gasteiger partial charge in [0.1, 0.15) is 0 Å². The van der Waals surface area contributed by atoms with Crippen molar-refractivity contribution in [1.29, 1.82) is 0 Å². The second-order valence-corrected chi connectivity index (χ2v) is 14.2. The quantitative estimate of drug-likeness (QED) is 0.362. The van der Waals surface area contributed by atoms with Crippen molar-refractivity contribution in [2.24, 2.45) is 39.4 Å². The molecule has 0 radical (unpaired) electrons. The smallest absolute Gasteiger partial charge is 0.0468 e. The summed E-state index contributed by atoms with van der Waals surface area (Å²) in [5.74, 6) is 2.88. The van der Waals surface area contributed by atoms with Crippen molar-refractivity contribution in [3.8, 4) is 0 Å². The van der Waals surface area contributed by atoms with Crippen LogP contribution in [0.25, 0.3) is 0 Å². The minimum absolute atomic E-state index is 0.449. The van der Waals surface area contributed by atoms with Gasteiger partial charge in [-0.25, -0.2) is 0 Å². The molecular weight excluding hydrogens is 340 g/mol. The van der Waals surface area contributed by atoms with Gasteiger partial charge >= 0.3 is 0 Å². The second kappa shape index (κ2) is 8.99. The average molecular weight is 393 g/mol. The number of ether oxygens (including phenoxy) is 1. The van der Waals surface area contributed by atoms with E-state index in [1.807, 2.05) is 0 Å². The molecule has 1 saturated carbocycles. The first-order chi connectivity index (χ1) is 12.7. The number of hydrogen-bond donors (Lipinski definition) is 0. The molecule has 28 heavy (non-hydrogen) atoms. The van der Waals surface area contributed by atoms with Gasteiger partial charge in [0.15, 0.2) is 0 Å². The molecule has 2 atom stereocenters. The molecule has 0 aromatic rings. The lowest BCUT2D eigenvalue weighted by molar-refractivity contribution is 0.0469. The van der Waals surface area contributed by atoms with Crippen LogP contribution >= 0.6 is 0 Å². The van der Waals surface area contributed by atoms with E-state index in [4.69, 9.17) is 4.74 Å². The Morgan fingerprint density at radius 2 is 1.18 bits per heavy atom. The zero-order valence-corrected chi connectivity index (χ0v) is 20.9. The highest BCUT2D eigenvalue weighted by Gasteiger charge is 2.43. The van der Waals surface area contributed by atoms with Gasteiger partial charge in [-0.1, -0.05) is 62.3 Å². The van der Waals surface area contributed by atoms with Gasteiger partial charge in [-0.05, 0) is 97.2 Å². The molecule has 2 aliphatic rings. The molecular formula is C27H52O. The maximum Gasteiger partial charge on any atom is 0.0468 e. The van der Waals surface area contributed by atoms with E-state index in [-0.39, 0.29) is 0 Å². The summed E-state index contributed by atoms with van der Waals surface area (Å²) in [7, 11) is 0. The lowest BCUT2D eigenvalue weighted by Crippen LogP contribution is -2.27. The summed E-state index contributed by atoms with van der Waals surface area (Å²) >= 11 is 0. The maximum absolute atomic E-state index is 5.55. The highest BCUT2D eigenvalue weighted by atomic mass is 16.5. The average Bonchev–Trinajstić information content (AvgIpc) is 3.19. The van der Waals surface area contributed by atoms with Crippen LogP contribution in [-0.2, 0) is 4.74 Å². The fourth-order valence-corrected chi connectivity index (χ4v) is 6.27. The third-order valence-electron chi connectivity index (χ3n) is 7.38. The summed E-state index contributed by atoms with van der Waals surface area (Å²) < 4.78 is 5.55. The third-order valence-corrected chi connectivity index (χ3v) is 7.38. The van der Waals surface area contributed by atoms with Gasteiger partial charge in [-0.2, -0.15) is 0 Å². The van der Waals surface area contributed by atoms with Crippen LogP contribution in [0.1, 0.15) is 120 Å². The maximum atomic E-state index is 5.55. The summed E-state index contributed by atoms with van der Waals surface area (Å²) in [4.78, 5) is 0.